The van der Waals surface area contributed by atoms with Gasteiger partial charge in [-0.3, -0.25) is 0 Å². The van der Waals surface area contributed by atoms with E-state index in [2.05, 4.69) is 74.5 Å². The Morgan fingerprint density at radius 2 is 1.59 bits per heavy atom. The summed E-state index contributed by atoms with van der Waals surface area (Å²) in [5, 5.41) is 0. The Hall–Kier alpha value is -0.260. The maximum absolute atomic E-state index is 2.52. The van der Waals surface area contributed by atoms with E-state index in [9.17, 15) is 0 Å². The normalized spacial score (nSPS) is 26.7. The average molecular weight is 307 g/mol. The number of hydrogen-bond acceptors (Lipinski definition) is 0. The van der Waals surface area contributed by atoms with Crippen molar-refractivity contribution in [2.24, 2.45) is 40.4 Å². The Bertz CT molecular complexity index is 355. The molecule has 0 aliphatic heterocycles. The summed E-state index contributed by atoms with van der Waals surface area (Å²) in [5.74, 6) is 4.12. The van der Waals surface area contributed by atoms with E-state index in [-0.39, 0.29) is 0 Å². The Morgan fingerprint density at radius 1 is 1.00 bits per heavy atom. The molecule has 0 nitrogen and oxygen atoms in total. The van der Waals surface area contributed by atoms with E-state index in [1.807, 2.05) is 0 Å². The molecule has 1 rings (SSSR count). The molecule has 0 N–H and O–H groups in total. The molecule has 0 aromatic heterocycles. The van der Waals surface area contributed by atoms with Gasteiger partial charge in [0.15, 0.2) is 0 Å². The highest BCUT2D eigenvalue weighted by molar-refractivity contribution is 5.03. The number of allylic oxidation sites excluding steroid dienone is 2. The van der Waals surface area contributed by atoms with Gasteiger partial charge in [0.25, 0.3) is 0 Å². The summed E-state index contributed by atoms with van der Waals surface area (Å²) >= 11 is 0. The lowest BCUT2D eigenvalue weighted by Crippen LogP contribution is -2.37. The predicted molar refractivity (Wildman–Crippen MR) is 101 cm³/mol. The molecule has 0 aromatic rings. The molecule has 22 heavy (non-hydrogen) atoms. The van der Waals surface area contributed by atoms with E-state index < -0.39 is 0 Å². The fourth-order valence-corrected chi connectivity index (χ4v) is 4.37. The molecule has 0 fully saturated rings. The summed E-state index contributed by atoms with van der Waals surface area (Å²) in [4.78, 5) is 0. The SMILES string of the molecule is CC(C)C(C)C1CC=CC1CCCC(C)(C(C)C)C(C)(C)C. The minimum Gasteiger partial charge on any atom is -0.0879 e. The summed E-state index contributed by atoms with van der Waals surface area (Å²) in [6.45, 7) is 21.8. The molecule has 0 heterocycles. The van der Waals surface area contributed by atoms with Crippen molar-refractivity contribution in [1.29, 1.82) is 0 Å². The van der Waals surface area contributed by atoms with Gasteiger partial charge in [-0.1, -0.05) is 80.9 Å². The molecule has 0 saturated carbocycles. The van der Waals surface area contributed by atoms with Crippen LogP contribution in [-0.4, -0.2) is 0 Å². The molecule has 0 radical (unpaired) electrons. The van der Waals surface area contributed by atoms with Crippen LogP contribution in [0.1, 0.15) is 88.0 Å². The van der Waals surface area contributed by atoms with Gasteiger partial charge < -0.3 is 0 Å². The molecule has 0 spiro atoms. The average Bonchev–Trinajstić information content (AvgIpc) is 2.84. The van der Waals surface area contributed by atoms with Gasteiger partial charge in [-0.25, -0.2) is 0 Å². The minimum atomic E-state index is 0.386. The van der Waals surface area contributed by atoms with Gasteiger partial charge in [-0.15, -0.1) is 0 Å². The molecule has 0 amide bonds. The summed E-state index contributed by atoms with van der Waals surface area (Å²) in [7, 11) is 0. The van der Waals surface area contributed by atoms with Gasteiger partial charge in [0.1, 0.15) is 0 Å². The molecule has 4 atom stereocenters. The topological polar surface area (TPSA) is 0 Å². The van der Waals surface area contributed by atoms with Crippen molar-refractivity contribution in [3.05, 3.63) is 12.2 Å². The summed E-state index contributed by atoms with van der Waals surface area (Å²) in [6.07, 6.45) is 10.4. The summed E-state index contributed by atoms with van der Waals surface area (Å²) < 4.78 is 0. The zero-order valence-electron chi connectivity index (χ0n) is 16.9. The fourth-order valence-electron chi connectivity index (χ4n) is 4.37. The first kappa shape index (κ1) is 19.8. The first-order valence-corrected chi connectivity index (χ1v) is 9.67. The maximum Gasteiger partial charge on any atom is -0.0200 e. The molecule has 4 unspecified atom stereocenters. The second kappa shape index (κ2) is 7.54. The lowest BCUT2D eigenvalue weighted by atomic mass is 9.59. The van der Waals surface area contributed by atoms with Crippen molar-refractivity contribution >= 4 is 0 Å². The first-order chi connectivity index (χ1) is 10.0. The van der Waals surface area contributed by atoms with Gasteiger partial charge >= 0.3 is 0 Å². The third-order valence-corrected chi connectivity index (χ3v) is 7.29. The first-order valence-electron chi connectivity index (χ1n) is 9.67. The Morgan fingerprint density at radius 3 is 2.05 bits per heavy atom. The van der Waals surface area contributed by atoms with Crippen molar-refractivity contribution in [3.63, 3.8) is 0 Å². The largest absolute Gasteiger partial charge is 0.0879 e. The van der Waals surface area contributed by atoms with Crippen LogP contribution in [0.3, 0.4) is 0 Å². The molecule has 0 heteroatoms. The van der Waals surface area contributed by atoms with Crippen molar-refractivity contribution in [2.45, 2.75) is 88.0 Å². The molecule has 1 aliphatic rings. The molecule has 0 bridgehead atoms. The zero-order valence-corrected chi connectivity index (χ0v) is 16.9. The Balaban J connectivity index is 2.60. The number of rotatable bonds is 7. The fraction of sp³-hybridized carbons (Fsp3) is 0.909. The monoisotopic (exact) mass is 306 g/mol. The maximum atomic E-state index is 2.52. The molecular formula is C22H42. The zero-order chi connectivity index (χ0) is 17.1. The number of hydrogen-bond donors (Lipinski definition) is 0. The van der Waals surface area contributed by atoms with Crippen molar-refractivity contribution in [1.82, 2.24) is 0 Å². The standard InChI is InChI=1S/C22H42/c1-16(2)18(5)20-14-10-12-19(20)13-11-15-22(9,17(3)4)21(6,7)8/h10,12,16-20H,11,13-15H2,1-9H3. The Kier molecular flexibility index (Phi) is 6.78. The molecule has 0 aromatic carbocycles. The Labute approximate surface area is 141 Å². The van der Waals surface area contributed by atoms with Crippen LogP contribution >= 0.6 is 0 Å². The van der Waals surface area contributed by atoms with Gasteiger partial charge in [0.2, 0.25) is 0 Å². The lowest BCUT2D eigenvalue weighted by Gasteiger charge is -2.46. The second-order valence-corrected chi connectivity index (χ2v) is 9.81. The summed E-state index contributed by atoms with van der Waals surface area (Å²) in [6, 6.07) is 0. The molecule has 0 saturated heterocycles. The van der Waals surface area contributed by atoms with Gasteiger partial charge in [0.05, 0.1) is 0 Å². The van der Waals surface area contributed by atoms with E-state index in [1.165, 1.54) is 25.7 Å². The van der Waals surface area contributed by atoms with E-state index in [0.29, 0.717) is 10.8 Å². The van der Waals surface area contributed by atoms with Crippen molar-refractivity contribution < 1.29 is 0 Å². The van der Waals surface area contributed by atoms with E-state index >= 15 is 0 Å². The van der Waals surface area contributed by atoms with Crippen LogP contribution in [0.4, 0.5) is 0 Å². The van der Waals surface area contributed by atoms with E-state index in [1.54, 1.807) is 0 Å². The highest BCUT2D eigenvalue weighted by Crippen LogP contribution is 2.49. The molecule has 1 aliphatic carbocycles. The molecule has 130 valence electrons. The van der Waals surface area contributed by atoms with Crippen molar-refractivity contribution in [3.8, 4) is 0 Å². The van der Waals surface area contributed by atoms with Crippen LogP contribution in [0.15, 0.2) is 12.2 Å². The van der Waals surface area contributed by atoms with E-state index in [4.69, 9.17) is 0 Å². The van der Waals surface area contributed by atoms with Crippen LogP contribution in [-0.2, 0) is 0 Å². The van der Waals surface area contributed by atoms with Gasteiger partial charge in [0, 0.05) is 0 Å². The second-order valence-electron chi connectivity index (χ2n) is 9.81. The van der Waals surface area contributed by atoms with Gasteiger partial charge in [-0.05, 0) is 59.7 Å². The van der Waals surface area contributed by atoms with Crippen LogP contribution in [0.25, 0.3) is 0 Å². The third-order valence-electron chi connectivity index (χ3n) is 7.29. The van der Waals surface area contributed by atoms with Gasteiger partial charge in [-0.2, -0.15) is 0 Å². The minimum absolute atomic E-state index is 0.386. The predicted octanol–water partition coefficient (Wildman–Crippen LogP) is 7.35. The summed E-state index contributed by atoms with van der Waals surface area (Å²) in [5.41, 5.74) is 0.825. The highest BCUT2D eigenvalue weighted by atomic mass is 14.4. The quantitative estimate of drug-likeness (QED) is 0.431. The van der Waals surface area contributed by atoms with Crippen molar-refractivity contribution in [2.75, 3.05) is 0 Å². The van der Waals surface area contributed by atoms with Crippen LogP contribution in [0.5, 0.6) is 0 Å². The third kappa shape index (κ3) is 4.39. The van der Waals surface area contributed by atoms with Crippen LogP contribution in [0, 0.1) is 40.4 Å². The smallest absolute Gasteiger partial charge is 0.0200 e. The lowest BCUT2D eigenvalue weighted by molar-refractivity contribution is 0.0367. The van der Waals surface area contributed by atoms with Crippen LogP contribution in [0.2, 0.25) is 0 Å². The van der Waals surface area contributed by atoms with Crippen LogP contribution < -0.4 is 0 Å². The molecular weight excluding hydrogens is 264 g/mol. The van der Waals surface area contributed by atoms with E-state index in [0.717, 1.165) is 29.6 Å². The highest BCUT2D eigenvalue weighted by Gasteiger charge is 2.39.